The van der Waals surface area contributed by atoms with Gasteiger partial charge in [-0.1, -0.05) is 30.3 Å². The van der Waals surface area contributed by atoms with Crippen LogP contribution >= 0.6 is 0 Å². The molecule has 0 spiro atoms. The van der Waals surface area contributed by atoms with Gasteiger partial charge in [0.2, 0.25) is 0 Å². The first kappa shape index (κ1) is 20.3. The van der Waals surface area contributed by atoms with Crippen LogP contribution in [0.3, 0.4) is 0 Å². The van der Waals surface area contributed by atoms with Gasteiger partial charge in [0.25, 0.3) is 10.1 Å². The van der Waals surface area contributed by atoms with E-state index in [9.17, 15) is 18.3 Å². The molecule has 28 heavy (non-hydrogen) atoms. The van der Waals surface area contributed by atoms with Crippen LogP contribution in [0.5, 0.6) is 0 Å². The molecule has 7 nitrogen and oxygen atoms in total. The lowest BCUT2D eigenvalue weighted by atomic mass is 9.98. The van der Waals surface area contributed by atoms with Gasteiger partial charge in [0, 0.05) is 24.7 Å². The number of benzene rings is 2. The molecule has 150 valence electrons. The molecule has 0 bridgehead atoms. The lowest BCUT2D eigenvalue weighted by molar-refractivity contribution is 0.0694. The van der Waals surface area contributed by atoms with Crippen LogP contribution in [0.1, 0.15) is 21.5 Å². The smallest absolute Gasteiger partial charge is 0.336 e. The predicted molar refractivity (Wildman–Crippen MR) is 105 cm³/mol. The Bertz CT molecular complexity index is 923. The summed E-state index contributed by atoms with van der Waals surface area (Å²) >= 11 is 0. The van der Waals surface area contributed by atoms with E-state index in [1.54, 1.807) is 12.1 Å². The molecule has 0 atom stereocenters. The van der Waals surface area contributed by atoms with E-state index in [1.807, 2.05) is 30.3 Å². The van der Waals surface area contributed by atoms with Crippen LogP contribution in [0.25, 0.3) is 0 Å². The highest BCUT2D eigenvalue weighted by Crippen LogP contribution is 2.28. The first-order valence-electron chi connectivity index (χ1n) is 8.89. The van der Waals surface area contributed by atoms with Gasteiger partial charge in [-0.2, -0.15) is 8.42 Å². The van der Waals surface area contributed by atoms with Gasteiger partial charge < -0.3 is 14.7 Å². The zero-order chi connectivity index (χ0) is 20.1. The lowest BCUT2D eigenvalue weighted by Gasteiger charge is -2.41. The molecule has 1 heterocycles. The Labute approximate surface area is 164 Å². The first-order valence-corrected chi connectivity index (χ1v) is 10.7. The largest absolute Gasteiger partial charge is 0.478 e. The maximum absolute atomic E-state index is 11.4. The molecule has 0 radical (unpaired) electrons. The quantitative estimate of drug-likeness (QED) is 0.641. The van der Waals surface area contributed by atoms with Crippen molar-refractivity contribution in [1.82, 2.24) is 0 Å². The number of carboxylic acid groups (broad SMARTS) is 1. The van der Waals surface area contributed by atoms with Crippen LogP contribution in [-0.4, -0.2) is 45.4 Å². The second kappa shape index (κ2) is 8.72. The molecule has 1 fully saturated rings. The predicted octanol–water partition coefficient (Wildman–Crippen LogP) is 2.51. The number of hydrogen-bond donors (Lipinski definition) is 1. The van der Waals surface area contributed by atoms with E-state index in [4.69, 9.17) is 8.92 Å². The zero-order valence-corrected chi connectivity index (χ0v) is 16.4. The van der Waals surface area contributed by atoms with Gasteiger partial charge in [-0.05, 0) is 29.3 Å². The summed E-state index contributed by atoms with van der Waals surface area (Å²) in [7, 11) is -3.65. The Balaban J connectivity index is 1.55. The number of hydrogen-bond acceptors (Lipinski definition) is 6. The Morgan fingerprint density at radius 1 is 1.14 bits per heavy atom. The van der Waals surface area contributed by atoms with Crippen molar-refractivity contribution in [2.24, 2.45) is 5.92 Å². The van der Waals surface area contributed by atoms with E-state index in [0.717, 1.165) is 30.6 Å². The third-order valence-electron chi connectivity index (χ3n) is 4.54. The van der Waals surface area contributed by atoms with Crippen molar-refractivity contribution in [3.05, 3.63) is 65.2 Å². The zero-order valence-electron chi connectivity index (χ0n) is 15.6. The monoisotopic (exact) mass is 405 g/mol. The lowest BCUT2D eigenvalue weighted by Crippen LogP contribution is -2.48. The minimum absolute atomic E-state index is 0.0377. The second-order valence-corrected chi connectivity index (χ2v) is 8.53. The molecule has 3 rings (SSSR count). The Kier molecular flexibility index (Phi) is 6.33. The minimum Gasteiger partial charge on any atom is -0.478 e. The van der Waals surface area contributed by atoms with Crippen LogP contribution in [-0.2, 0) is 32.3 Å². The fraction of sp³-hybridized carbons (Fsp3) is 0.350. The van der Waals surface area contributed by atoms with Crippen LogP contribution in [0, 0.1) is 5.92 Å². The van der Waals surface area contributed by atoms with Gasteiger partial charge in [0.15, 0.2) is 0 Å². The van der Waals surface area contributed by atoms with Gasteiger partial charge in [-0.15, -0.1) is 0 Å². The number of rotatable bonds is 9. The number of ether oxygens (including phenoxy) is 1. The topological polar surface area (TPSA) is 93.1 Å². The van der Waals surface area contributed by atoms with Crippen molar-refractivity contribution >= 4 is 21.8 Å². The van der Waals surface area contributed by atoms with E-state index < -0.39 is 16.1 Å². The van der Waals surface area contributed by atoms with Crippen molar-refractivity contribution in [2.75, 3.05) is 30.9 Å². The van der Waals surface area contributed by atoms with Gasteiger partial charge in [-0.25, -0.2) is 4.79 Å². The molecular weight excluding hydrogens is 382 g/mol. The van der Waals surface area contributed by atoms with E-state index in [0.29, 0.717) is 24.7 Å². The Hall–Kier alpha value is -2.42. The molecule has 1 saturated heterocycles. The second-order valence-electron chi connectivity index (χ2n) is 6.88. The number of anilines is 1. The number of carboxylic acids is 1. The summed E-state index contributed by atoms with van der Waals surface area (Å²) in [5, 5.41) is 9.29. The van der Waals surface area contributed by atoms with E-state index >= 15 is 0 Å². The Morgan fingerprint density at radius 3 is 2.50 bits per heavy atom. The highest BCUT2D eigenvalue weighted by molar-refractivity contribution is 7.85. The summed E-state index contributed by atoms with van der Waals surface area (Å²) in [6, 6.07) is 14.9. The van der Waals surface area contributed by atoms with Gasteiger partial charge in [0.05, 0.1) is 31.6 Å². The third-order valence-corrected chi connectivity index (χ3v) is 5.08. The maximum atomic E-state index is 11.4. The summed E-state index contributed by atoms with van der Waals surface area (Å²) in [5.41, 5.74) is 2.35. The molecule has 0 aliphatic carbocycles. The summed E-state index contributed by atoms with van der Waals surface area (Å²) in [6.45, 7) is 2.53. The maximum Gasteiger partial charge on any atom is 0.336 e. The van der Waals surface area contributed by atoms with E-state index in [2.05, 4.69) is 4.90 Å². The normalized spacial score (nSPS) is 14.7. The average molecular weight is 405 g/mol. The number of nitrogens with zero attached hydrogens (tertiary/aromatic N) is 1. The molecule has 0 saturated carbocycles. The Morgan fingerprint density at radius 2 is 1.86 bits per heavy atom. The molecule has 0 unspecified atom stereocenters. The molecule has 0 amide bonds. The first-order chi connectivity index (χ1) is 13.3. The van der Waals surface area contributed by atoms with Gasteiger partial charge in [0.1, 0.15) is 0 Å². The summed E-state index contributed by atoms with van der Waals surface area (Å²) in [5.74, 6) is -0.715. The standard InChI is InChI=1S/C20H23NO6S/c1-28(24,25)27-14-17-9-18(7-8-19(17)20(22)23)21-10-16(11-21)13-26-12-15-5-3-2-4-6-15/h2-9,16H,10-14H2,1H3,(H,22,23). The molecule has 2 aromatic rings. The fourth-order valence-electron chi connectivity index (χ4n) is 3.08. The minimum atomic E-state index is -3.65. The van der Waals surface area contributed by atoms with E-state index in [-0.39, 0.29) is 12.2 Å². The summed E-state index contributed by atoms with van der Waals surface area (Å²) in [6.07, 6.45) is 0.937. The van der Waals surface area contributed by atoms with E-state index in [1.165, 1.54) is 6.07 Å². The number of carbonyl (C=O) groups is 1. The summed E-state index contributed by atoms with van der Waals surface area (Å²) in [4.78, 5) is 13.5. The molecule has 1 N–H and O–H groups in total. The molecular formula is C20H23NO6S. The summed E-state index contributed by atoms with van der Waals surface area (Å²) < 4.78 is 33.0. The highest BCUT2D eigenvalue weighted by Gasteiger charge is 2.28. The van der Waals surface area contributed by atoms with Crippen LogP contribution in [0.2, 0.25) is 0 Å². The van der Waals surface area contributed by atoms with Crippen molar-refractivity contribution in [1.29, 1.82) is 0 Å². The molecule has 1 aliphatic rings. The third kappa shape index (κ3) is 5.54. The molecule has 1 aliphatic heterocycles. The van der Waals surface area contributed by atoms with Crippen LogP contribution in [0.15, 0.2) is 48.5 Å². The average Bonchev–Trinajstić information content (AvgIpc) is 2.62. The molecule has 2 aromatic carbocycles. The van der Waals surface area contributed by atoms with Crippen molar-refractivity contribution in [3.63, 3.8) is 0 Å². The fourth-order valence-corrected chi connectivity index (χ4v) is 3.42. The SMILES string of the molecule is CS(=O)(=O)OCc1cc(N2CC(COCc3ccccc3)C2)ccc1C(=O)O. The van der Waals surface area contributed by atoms with Crippen molar-refractivity contribution in [2.45, 2.75) is 13.2 Å². The van der Waals surface area contributed by atoms with Gasteiger partial charge in [-0.3, -0.25) is 4.18 Å². The van der Waals surface area contributed by atoms with Gasteiger partial charge >= 0.3 is 5.97 Å². The molecule has 8 heteroatoms. The van der Waals surface area contributed by atoms with Crippen LogP contribution < -0.4 is 4.90 Å². The van der Waals surface area contributed by atoms with Crippen molar-refractivity contribution in [3.8, 4) is 0 Å². The highest BCUT2D eigenvalue weighted by atomic mass is 32.2. The molecule has 0 aromatic heterocycles. The van der Waals surface area contributed by atoms with Crippen molar-refractivity contribution < 1.29 is 27.2 Å². The number of aromatic carboxylic acids is 1. The van der Waals surface area contributed by atoms with Crippen LogP contribution in [0.4, 0.5) is 5.69 Å².